The van der Waals surface area contributed by atoms with Crippen molar-refractivity contribution < 1.29 is 0 Å². The molecular formula is C13H27NS. The molecule has 2 heteroatoms. The zero-order valence-corrected chi connectivity index (χ0v) is 11.4. The lowest BCUT2D eigenvalue weighted by Crippen LogP contribution is -2.32. The predicted octanol–water partition coefficient (Wildman–Crippen LogP) is 3.54. The molecule has 0 aromatic rings. The predicted molar refractivity (Wildman–Crippen MR) is 71.6 cm³/mol. The van der Waals surface area contributed by atoms with Gasteiger partial charge in [0.25, 0.3) is 0 Å². The minimum Gasteiger partial charge on any atom is -0.314 e. The lowest BCUT2D eigenvalue weighted by Gasteiger charge is -2.20. The van der Waals surface area contributed by atoms with Gasteiger partial charge in [-0.1, -0.05) is 27.2 Å². The summed E-state index contributed by atoms with van der Waals surface area (Å²) in [6, 6.07) is 0.828. The van der Waals surface area contributed by atoms with Crippen molar-refractivity contribution in [2.75, 3.05) is 18.1 Å². The molecule has 0 radical (unpaired) electrons. The van der Waals surface area contributed by atoms with E-state index in [0.717, 1.165) is 24.4 Å². The third kappa shape index (κ3) is 5.26. The molecule has 1 rings (SSSR count). The Hall–Kier alpha value is 0.310. The highest BCUT2D eigenvalue weighted by molar-refractivity contribution is 7.99. The molecule has 1 saturated carbocycles. The molecular weight excluding hydrogens is 202 g/mol. The fourth-order valence-corrected chi connectivity index (χ4v) is 3.57. The second kappa shape index (κ2) is 7.56. The first-order valence-corrected chi connectivity index (χ1v) is 7.70. The normalized spacial score (nSPS) is 26.4. The summed E-state index contributed by atoms with van der Waals surface area (Å²) < 4.78 is 0. The van der Waals surface area contributed by atoms with Crippen LogP contribution in [0.25, 0.3) is 0 Å². The van der Waals surface area contributed by atoms with Gasteiger partial charge in [-0.05, 0) is 49.1 Å². The van der Waals surface area contributed by atoms with Gasteiger partial charge in [0.1, 0.15) is 0 Å². The number of hydrogen-bond acceptors (Lipinski definition) is 2. The zero-order valence-electron chi connectivity index (χ0n) is 10.6. The van der Waals surface area contributed by atoms with Crippen LogP contribution in [-0.4, -0.2) is 24.1 Å². The van der Waals surface area contributed by atoms with Gasteiger partial charge in [0.2, 0.25) is 0 Å². The smallest absolute Gasteiger partial charge is 0.00955 e. The van der Waals surface area contributed by atoms with Gasteiger partial charge in [-0.3, -0.25) is 0 Å². The van der Waals surface area contributed by atoms with Crippen molar-refractivity contribution in [3.05, 3.63) is 0 Å². The first kappa shape index (κ1) is 13.4. The van der Waals surface area contributed by atoms with Crippen molar-refractivity contribution in [3.63, 3.8) is 0 Å². The Morgan fingerprint density at radius 2 is 2.13 bits per heavy atom. The molecule has 1 aliphatic rings. The lowest BCUT2D eigenvalue weighted by molar-refractivity contribution is 0.400. The second-order valence-electron chi connectivity index (χ2n) is 5.11. The van der Waals surface area contributed by atoms with Crippen LogP contribution in [0.3, 0.4) is 0 Å². The lowest BCUT2D eigenvalue weighted by atomic mass is 10.0. The van der Waals surface area contributed by atoms with E-state index in [1.807, 2.05) is 0 Å². The quantitative estimate of drug-likeness (QED) is 0.670. The van der Waals surface area contributed by atoms with E-state index in [2.05, 4.69) is 37.8 Å². The molecule has 0 saturated heterocycles. The van der Waals surface area contributed by atoms with Crippen LogP contribution >= 0.6 is 11.8 Å². The molecule has 0 amide bonds. The molecule has 0 aromatic heterocycles. The summed E-state index contributed by atoms with van der Waals surface area (Å²) in [4.78, 5) is 0. The summed E-state index contributed by atoms with van der Waals surface area (Å²) in [6.45, 7) is 7.98. The molecule has 2 atom stereocenters. The third-order valence-electron chi connectivity index (χ3n) is 3.21. The van der Waals surface area contributed by atoms with Crippen molar-refractivity contribution in [1.82, 2.24) is 5.32 Å². The Balaban J connectivity index is 2.09. The van der Waals surface area contributed by atoms with Gasteiger partial charge in [0.05, 0.1) is 0 Å². The largest absolute Gasteiger partial charge is 0.314 e. The topological polar surface area (TPSA) is 12.0 Å². The maximum Gasteiger partial charge on any atom is 0.00955 e. The summed E-state index contributed by atoms with van der Waals surface area (Å²) in [6.07, 6.45) is 5.74. The van der Waals surface area contributed by atoms with Gasteiger partial charge in [0.15, 0.2) is 0 Å². The second-order valence-corrected chi connectivity index (χ2v) is 6.26. The monoisotopic (exact) mass is 229 g/mol. The Bertz CT molecular complexity index is 159. The van der Waals surface area contributed by atoms with Crippen LogP contribution in [0.5, 0.6) is 0 Å². The van der Waals surface area contributed by atoms with Crippen molar-refractivity contribution in [3.8, 4) is 0 Å². The fourth-order valence-electron chi connectivity index (χ4n) is 2.47. The minimum absolute atomic E-state index is 0.828. The van der Waals surface area contributed by atoms with Crippen LogP contribution in [0, 0.1) is 11.8 Å². The summed E-state index contributed by atoms with van der Waals surface area (Å²) in [5, 5.41) is 3.63. The van der Waals surface area contributed by atoms with E-state index in [-0.39, 0.29) is 0 Å². The van der Waals surface area contributed by atoms with Gasteiger partial charge in [-0.2, -0.15) is 11.8 Å². The number of nitrogens with one attached hydrogen (secondary N) is 1. The fraction of sp³-hybridized carbons (Fsp3) is 1.00. The molecule has 90 valence electrons. The summed E-state index contributed by atoms with van der Waals surface area (Å²) in [5.41, 5.74) is 0. The highest BCUT2D eigenvalue weighted by Gasteiger charge is 2.25. The Morgan fingerprint density at radius 1 is 1.33 bits per heavy atom. The van der Waals surface area contributed by atoms with Crippen LogP contribution in [0.4, 0.5) is 0 Å². The van der Waals surface area contributed by atoms with Gasteiger partial charge >= 0.3 is 0 Å². The average molecular weight is 229 g/mol. The van der Waals surface area contributed by atoms with Crippen LogP contribution in [0.15, 0.2) is 0 Å². The van der Waals surface area contributed by atoms with Crippen molar-refractivity contribution in [2.45, 2.75) is 52.5 Å². The van der Waals surface area contributed by atoms with Gasteiger partial charge in [-0.15, -0.1) is 0 Å². The number of hydrogen-bond donors (Lipinski definition) is 1. The van der Waals surface area contributed by atoms with Gasteiger partial charge < -0.3 is 5.32 Å². The third-order valence-corrected chi connectivity index (χ3v) is 4.64. The molecule has 0 heterocycles. The van der Waals surface area contributed by atoms with Crippen LogP contribution < -0.4 is 5.32 Å². The number of thioether (sulfide) groups is 1. The SMILES string of the molecule is CCNC1CCCC1CCSCC(C)C. The van der Waals surface area contributed by atoms with Crippen molar-refractivity contribution in [2.24, 2.45) is 11.8 Å². The van der Waals surface area contributed by atoms with Gasteiger partial charge in [0, 0.05) is 6.04 Å². The van der Waals surface area contributed by atoms with E-state index >= 15 is 0 Å². The summed E-state index contributed by atoms with van der Waals surface area (Å²) in [5.74, 6) is 4.51. The van der Waals surface area contributed by atoms with Crippen molar-refractivity contribution >= 4 is 11.8 Å². The molecule has 1 nitrogen and oxygen atoms in total. The maximum atomic E-state index is 3.63. The molecule has 15 heavy (non-hydrogen) atoms. The molecule has 2 unspecified atom stereocenters. The first-order chi connectivity index (χ1) is 7.24. The van der Waals surface area contributed by atoms with E-state index in [9.17, 15) is 0 Å². The van der Waals surface area contributed by atoms with Gasteiger partial charge in [-0.25, -0.2) is 0 Å². The Morgan fingerprint density at radius 3 is 2.80 bits per heavy atom. The molecule has 1 N–H and O–H groups in total. The first-order valence-electron chi connectivity index (χ1n) is 6.55. The molecule has 1 aliphatic carbocycles. The standard InChI is InChI=1S/C13H27NS/c1-4-14-13-7-5-6-12(13)8-9-15-10-11(2)3/h11-14H,4-10H2,1-3H3. The van der Waals surface area contributed by atoms with E-state index in [1.54, 1.807) is 0 Å². The summed E-state index contributed by atoms with van der Waals surface area (Å²) in [7, 11) is 0. The Kier molecular flexibility index (Phi) is 6.74. The van der Waals surface area contributed by atoms with Crippen LogP contribution in [-0.2, 0) is 0 Å². The van der Waals surface area contributed by atoms with Crippen LogP contribution in [0.1, 0.15) is 46.5 Å². The molecule has 0 spiro atoms. The molecule has 0 aliphatic heterocycles. The van der Waals surface area contributed by atoms with Crippen molar-refractivity contribution in [1.29, 1.82) is 0 Å². The van der Waals surface area contributed by atoms with E-state index < -0.39 is 0 Å². The molecule has 0 bridgehead atoms. The molecule has 0 aromatic carbocycles. The van der Waals surface area contributed by atoms with E-state index in [4.69, 9.17) is 0 Å². The maximum absolute atomic E-state index is 3.63. The average Bonchev–Trinajstić information content (AvgIpc) is 2.61. The van der Waals surface area contributed by atoms with E-state index in [0.29, 0.717) is 0 Å². The zero-order chi connectivity index (χ0) is 11.1. The minimum atomic E-state index is 0.828. The summed E-state index contributed by atoms with van der Waals surface area (Å²) >= 11 is 2.14. The van der Waals surface area contributed by atoms with E-state index in [1.165, 1.54) is 37.2 Å². The highest BCUT2D eigenvalue weighted by Crippen LogP contribution is 2.29. The highest BCUT2D eigenvalue weighted by atomic mass is 32.2. The number of rotatable bonds is 7. The molecule has 1 fully saturated rings. The van der Waals surface area contributed by atoms with Crippen LogP contribution in [0.2, 0.25) is 0 Å². The Labute approximate surface area is 99.8 Å².